The normalized spacial score (nSPS) is 10.0. The van der Waals surface area contributed by atoms with E-state index in [1.807, 2.05) is 0 Å². The van der Waals surface area contributed by atoms with Gasteiger partial charge >= 0.3 is 12.0 Å². The van der Waals surface area contributed by atoms with E-state index in [4.69, 9.17) is 0 Å². The SMILES string of the molecule is FC#CC(F)(F)C(F)=C(F)F. The molecule has 0 spiro atoms. The van der Waals surface area contributed by atoms with Gasteiger partial charge in [0, 0.05) is 5.92 Å². The van der Waals surface area contributed by atoms with Crippen LogP contribution in [0.3, 0.4) is 0 Å². The Morgan fingerprint density at radius 2 is 1.55 bits per heavy atom. The second-order valence-electron chi connectivity index (χ2n) is 1.37. The minimum Gasteiger partial charge on any atom is -0.198 e. The maximum atomic E-state index is 11.7. The molecular weight excluding hydrogens is 174 g/mol. The standard InChI is InChI=1S/C5F6/c6-2-1-5(10,11)3(7)4(8)9. The fraction of sp³-hybridized carbons (Fsp3) is 0.200. The van der Waals surface area contributed by atoms with Crippen LogP contribution in [0, 0.1) is 12.1 Å². The molecule has 0 aromatic heterocycles. The molecule has 0 bridgehead atoms. The van der Waals surface area contributed by atoms with E-state index in [1.54, 1.807) is 0 Å². The summed E-state index contributed by atoms with van der Waals surface area (Å²) in [5.41, 5.74) is 0. The molecule has 0 aromatic rings. The molecule has 0 radical (unpaired) electrons. The minimum atomic E-state index is -4.74. The van der Waals surface area contributed by atoms with Crippen LogP contribution in [0.2, 0.25) is 0 Å². The lowest BCUT2D eigenvalue weighted by molar-refractivity contribution is 0.0710. The van der Waals surface area contributed by atoms with Crippen molar-refractivity contribution in [3.8, 4) is 12.1 Å². The zero-order chi connectivity index (χ0) is 9.07. The first-order chi connectivity index (χ1) is 4.91. The van der Waals surface area contributed by atoms with Crippen molar-refractivity contribution in [1.29, 1.82) is 0 Å². The fourth-order valence-corrected chi connectivity index (χ4v) is 0.233. The molecule has 0 heterocycles. The first kappa shape index (κ1) is 9.88. The molecule has 0 unspecified atom stereocenters. The van der Waals surface area contributed by atoms with Gasteiger partial charge in [0.15, 0.2) is 0 Å². The van der Waals surface area contributed by atoms with Crippen molar-refractivity contribution >= 4 is 0 Å². The molecule has 0 nitrogen and oxygen atoms in total. The predicted octanol–water partition coefficient (Wildman–Crippen LogP) is 2.63. The second-order valence-corrected chi connectivity index (χ2v) is 1.37. The van der Waals surface area contributed by atoms with Crippen LogP contribution >= 0.6 is 0 Å². The summed E-state index contributed by atoms with van der Waals surface area (Å²) in [6, 6.07) is 0. The lowest BCUT2D eigenvalue weighted by atomic mass is 10.3. The summed E-state index contributed by atoms with van der Waals surface area (Å²) in [4.78, 5) is 0. The van der Waals surface area contributed by atoms with Gasteiger partial charge < -0.3 is 0 Å². The summed E-state index contributed by atoms with van der Waals surface area (Å²) in [5, 5.41) is 0. The molecule has 0 rings (SSSR count). The van der Waals surface area contributed by atoms with Gasteiger partial charge in [-0.25, -0.2) is 0 Å². The Kier molecular flexibility index (Phi) is 2.99. The van der Waals surface area contributed by atoms with E-state index < -0.39 is 17.8 Å². The van der Waals surface area contributed by atoms with Gasteiger partial charge in [-0.05, 0) is 0 Å². The van der Waals surface area contributed by atoms with E-state index in [0.29, 0.717) is 5.92 Å². The third-order valence-electron chi connectivity index (χ3n) is 0.646. The number of halogens is 6. The zero-order valence-corrected chi connectivity index (χ0v) is 4.77. The molecule has 11 heavy (non-hydrogen) atoms. The van der Waals surface area contributed by atoms with Gasteiger partial charge in [0.05, 0.1) is 0 Å². The first-order valence-corrected chi connectivity index (χ1v) is 2.13. The summed E-state index contributed by atoms with van der Waals surface area (Å²) in [5.74, 6) is -7.43. The van der Waals surface area contributed by atoms with Crippen LogP contribution < -0.4 is 0 Å². The highest BCUT2D eigenvalue weighted by atomic mass is 19.3. The van der Waals surface area contributed by atoms with Crippen molar-refractivity contribution in [3.05, 3.63) is 11.9 Å². The molecule has 0 aliphatic carbocycles. The van der Waals surface area contributed by atoms with Crippen LogP contribution in [0.1, 0.15) is 0 Å². The van der Waals surface area contributed by atoms with Gasteiger partial charge in [0.25, 0.3) is 0 Å². The molecule has 0 aliphatic heterocycles. The molecule has 0 saturated heterocycles. The van der Waals surface area contributed by atoms with Gasteiger partial charge in [-0.2, -0.15) is 22.0 Å². The quantitative estimate of drug-likeness (QED) is 0.423. The van der Waals surface area contributed by atoms with Crippen LogP contribution in [-0.2, 0) is 0 Å². The van der Waals surface area contributed by atoms with Crippen LogP contribution in [0.5, 0.6) is 0 Å². The predicted molar refractivity (Wildman–Crippen MR) is 24.2 cm³/mol. The number of allylic oxidation sites excluding steroid dienone is 1. The molecule has 0 aliphatic rings. The summed E-state index contributed by atoms with van der Waals surface area (Å²) in [7, 11) is 0. The Bertz CT molecular complexity index is 225. The third-order valence-corrected chi connectivity index (χ3v) is 0.646. The molecule has 6 heteroatoms. The smallest absolute Gasteiger partial charge is 0.198 e. The van der Waals surface area contributed by atoms with Crippen molar-refractivity contribution in [2.45, 2.75) is 5.92 Å². The Morgan fingerprint density at radius 1 is 1.09 bits per heavy atom. The average molecular weight is 174 g/mol. The Hall–Kier alpha value is -1.12. The fourth-order valence-electron chi connectivity index (χ4n) is 0.233. The summed E-state index contributed by atoms with van der Waals surface area (Å²) >= 11 is 0. The Morgan fingerprint density at radius 3 is 1.82 bits per heavy atom. The van der Waals surface area contributed by atoms with Crippen molar-refractivity contribution in [1.82, 2.24) is 0 Å². The van der Waals surface area contributed by atoms with E-state index in [9.17, 15) is 26.3 Å². The summed E-state index contributed by atoms with van der Waals surface area (Å²) < 4.78 is 68.1. The van der Waals surface area contributed by atoms with Gasteiger partial charge in [-0.15, -0.1) is 4.39 Å². The van der Waals surface area contributed by atoms with Crippen molar-refractivity contribution < 1.29 is 26.3 Å². The maximum Gasteiger partial charge on any atom is 0.367 e. The highest BCUT2D eigenvalue weighted by Crippen LogP contribution is 2.28. The second kappa shape index (κ2) is 3.32. The molecule has 0 aromatic carbocycles. The van der Waals surface area contributed by atoms with E-state index >= 15 is 0 Å². The number of rotatable bonds is 1. The van der Waals surface area contributed by atoms with Crippen molar-refractivity contribution in [2.75, 3.05) is 0 Å². The molecule has 0 N–H and O–H groups in total. The molecule has 0 amide bonds. The van der Waals surface area contributed by atoms with Crippen LogP contribution in [0.15, 0.2) is 11.9 Å². The lowest BCUT2D eigenvalue weighted by Crippen LogP contribution is -2.14. The maximum absolute atomic E-state index is 11.7. The van der Waals surface area contributed by atoms with Gasteiger partial charge in [-0.3, -0.25) is 0 Å². The van der Waals surface area contributed by atoms with Crippen molar-refractivity contribution in [3.63, 3.8) is 0 Å². The van der Waals surface area contributed by atoms with E-state index in [-0.39, 0.29) is 6.17 Å². The summed E-state index contributed by atoms with van der Waals surface area (Å²) in [6.07, 6.45) is -3.07. The molecule has 62 valence electrons. The number of alkyl halides is 2. The molecule has 0 atom stereocenters. The third kappa shape index (κ3) is 2.53. The monoisotopic (exact) mass is 174 g/mol. The van der Waals surface area contributed by atoms with Crippen LogP contribution in [0.25, 0.3) is 0 Å². The topological polar surface area (TPSA) is 0 Å². The Balaban J connectivity index is 4.80. The van der Waals surface area contributed by atoms with Gasteiger partial charge in [-0.1, -0.05) is 0 Å². The van der Waals surface area contributed by atoms with E-state index in [1.165, 1.54) is 0 Å². The average Bonchev–Trinajstić information content (AvgIpc) is 1.86. The highest BCUT2D eigenvalue weighted by molar-refractivity contribution is 5.20. The largest absolute Gasteiger partial charge is 0.367 e. The molecule has 0 saturated carbocycles. The van der Waals surface area contributed by atoms with Crippen LogP contribution in [-0.4, -0.2) is 5.92 Å². The Labute approximate surface area is 57.5 Å². The molecule has 0 fully saturated rings. The number of hydrogen-bond donors (Lipinski definition) is 0. The van der Waals surface area contributed by atoms with Gasteiger partial charge in [0.1, 0.15) is 6.17 Å². The lowest BCUT2D eigenvalue weighted by Gasteiger charge is -2.02. The van der Waals surface area contributed by atoms with Crippen LogP contribution in [0.4, 0.5) is 26.3 Å². The number of hydrogen-bond acceptors (Lipinski definition) is 0. The van der Waals surface area contributed by atoms with Crippen molar-refractivity contribution in [2.24, 2.45) is 0 Å². The zero-order valence-electron chi connectivity index (χ0n) is 4.77. The van der Waals surface area contributed by atoms with E-state index in [0.717, 1.165) is 0 Å². The molecular formula is C5F6. The minimum absolute atomic E-state index is 0.136. The first-order valence-electron chi connectivity index (χ1n) is 2.13. The highest BCUT2D eigenvalue weighted by Gasteiger charge is 2.37. The van der Waals surface area contributed by atoms with Gasteiger partial charge in [0.2, 0.25) is 5.83 Å². The van der Waals surface area contributed by atoms with E-state index in [2.05, 4.69) is 0 Å². The summed E-state index contributed by atoms with van der Waals surface area (Å²) in [6.45, 7) is 0.